The maximum absolute atomic E-state index is 11.4. The van der Waals surface area contributed by atoms with Gasteiger partial charge in [-0.3, -0.25) is 0 Å². The van der Waals surface area contributed by atoms with Crippen LogP contribution in [0.4, 0.5) is 0 Å². The Morgan fingerprint density at radius 2 is 1.80 bits per heavy atom. The maximum Gasteiger partial charge on any atom is 0.209 e. The summed E-state index contributed by atoms with van der Waals surface area (Å²) in [6.07, 6.45) is 3.81. The first-order valence-electron chi connectivity index (χ1n) is 6.71. The molecule has 0 aliphatic heterocycles. The Morgan fingerprint density at radius 1 is 1.20 bits per heavy atom. The molecule has 112 valence electrons. The van der Waals surface area contributed by atoms with Crippen LogP contribution in [0.1, 0.15) is 31.2 Å². The predicted octanol–water partition coefficient (Wildman–Crippen LogP) is 2.71. The van der Waals surface area contributed by atoms with Gasteiger partial charge in [0.15, 0.2) is 0 Å². The van der Waals surface area contributed by atoms with E-state index in [1.807, 2.05) is 24.3 Å². The van der Waals surface area contributed by atoms with Crippen molar-refractivity contribution < 1.29 is 13.2 Å². The van der Waals surface area contributed by atoms with Gasteiger partial charge in [-0.05, 0) is 30.5 Å². The lowest BCUT2D eigenvalue weighted by atomic mass is 9.90. The average molecular weight is 318 g/mol. The molecular formula is C14H20ClNO3S. The van der Waals surface area contributed by atoms with Crippen molar-refractivity contribution >= 4 is 21.6 Å². The molecule has 0 bridgehead atoms. The number of rotatable bonds is 6. The molecule has 2 rings (SSSR count). The Morgan fingerprint density at radius 3 is 2.35 bits per heavy atom. The Bertz CT molecular complexity index is 536. The van der Waals surface area contributed by atoms with Gasteiger partial charge in [-0.2, -0.15) is 0 Å². The topological polar surface area (TPSA) is 69.4 Å². The van der Waals surface area contributed by atoms with E-state index in [1.165, 1.54) is 0 Å². The Kier molecular flexibility index (Phi) is 5.07. The summed E-state index contributed by atoms with van der Waals surface area (Å²) in [5.74, 6) is 0.0145. The molecule has 1 aliphatic rings. The Balaban J connectivity index is 1.91. The van der Waals surface area contributed by atoms with Crippen molar-refractivity contribution in [2.75, 3.05) is 12.4 Å². The van der Waals surface area contributed by atoms with Crippen LogP contribution in [0.2, 0.25) is 5.02 Å². The molecule has 0 amide bonds. The van der Waals surface area contributed by atoms with Gasteiger partial charge in [-0.25, -0.2) is 13.6 Å². The highest BCUT2D eigenvalue weighted by atomic mass is 35.5. The summed E-state index contributed by atoms with van der Waals surface area (Å²) in [6, 6.07) is 7.44. The lowest BCUT2D eigenvalue weighted by Gasteiger charge is -2.27. The number of benzene rings is 1. The number of ether oxygens (including phenoxy) is 1. The van der Waals surface area contributed by atoms with Crippen molar-refractivity contribution in [3.63, 3.8) is 0 Å². The summed E-state index contributed by atoms with van der Waals surface area (Å²) in [5, 5.41) is 5.89. The van der Waals surface area contributed by atoms with Crippen molar-refractivity contribution in [3.05, 3.63) is 34.9 Å². The van der Waals surface area contributed by atoms with E-state index in [0.29, 0.717) is 18.2 Å². The molecule has 0 unspecified atom stereocenters. The Labute approximate surface area is 125 Å². The van der Waals surface area contributed by atoms with Crippen molar-refractivity contribution in [2.24, 2.45) is 10.6 Å². The van der Waals surface area contributed by atoms with Gasteiger partial charge in [-0.1, -0.05) is 36.6 Å². The SMILES string of the molecule is NS(=O)(=O)CC1(COCc2ccc(Cl)cc2)CCCC1. The van der Waals surface area contributed by atoms with Gasteiger partial charge in [0.1, 0.15) is 0 Å². The van der Waals surface area contributed by atoms with E-state index < -0.39 is 10.0 Å². The molecule has 0 atom stereocenters. The number of hydrogen-bond acceptors (Lipinski definition) is 3. The van der Waals surface area contributed by atoms with E-state index in [4.69, 9.17) is 21.5 Å². The molecule has 0 radical (unpaired) electrons. The van der Waals surface area contributed by atoms with E-state index >= 15 is 0 Å². The first-order valence-corrected chi connectivity index (χ1v) is 8.81. The standard InChI is InChI=1S/C14H20ClNO3S/c15-13-5-3-12(4-6-13)9-19-10-14(7-1-2-8-14)11-20(16,17)18/h3-6H,1-2,7-11H2,(H2,16,17,18). The fourth-order valence-corrected chi connectivity index (χ4v) is 4.20. The Hall–Kier alpha value is -0.620. The van der Waals surface area contributed by atoms with Crippen LogP contribution in [0, 0.1) is 5.41 Å². The molecular weight excluding hydrogens is 298 g/mol. The van der Waals surface area contributed by atoms with Crippen molar-refractivity contribution in [1.82, 2.24) is 0 Å². The third-order valence-corrected chi connectivity index (χ3v) is 5.03. The molecule has 1 aliphatic carbocycles. The molecule has 1 saturated carbocycles. The highest BCUT2D eigenvalue weighted by Crippen LogP contribution is 2.39. The first-order chi connectivity index (χ1) is 9.39. The van der Waals surface area contributed by atoms with Crippen molar-refractivity contribution in [3.8, 4) is 0 Å². The molecule has 6 heteroatoms. The second-order valence-electron chi connectivity index (χ2n) is 5.63. The fourth-order valence-electron chi connectivity index (χ4n) is 2.85. The van der Waals surface area contributed by atoms with E-state index in [-0.39, 0.29) is 11.2 Å². The lowest BCUT2D eigenvalue weighted by molar-refractivity contribution is 0.0472. The van der Waals surface area contributed by atoms with Gasteiger partial charge in [0.2, 0.25) is 10.0 Å². The van der Waals surface area contributed by atoms with Crippen LogP contribution in [0.3, 0.4) is 0 Å². The summed E-state index contributed by atoms with van der Waals surface area (Å²) in [7, 11) is -3.46. The molecule has 0 aromatic heterocycles. The number of halogens is 1. The number of sulfonamides is 1. The van der Waals surface area contributed by atoms with Crippen LogP contribution in [-0.4, -0.2) is 20.8 Å². The zero-order valence-electron chi connectivity index (χ0n) is 11.3. The molecule has 0 heterocycles. The van der Waals surface area contributed by atoms with Crippen LogP contribution in [-0.2, 0) is 21.4 Å². The fraction of sp³-hybridized carbons (Fsp3) is 0.571. The zero-order chi connectivity index (χ0) is 14.6. The van der Waals surface area contributed by atoms with Gasteiger partial charge in [-0.15, -0.1) is 0 Å². The van der Waals surface area contributed by atoms with Crippen molar-refractivity contribution in [2.45, 2.75) is 32.3 Å². The van der Waals surface area contributed by atoms with E-state index in [1.54, 1.807) is 0 Å². The van der Waals surface area contributed by atoms with Gasteiger partial charge in [0, 0.05) is 10.4 Å². The molecule has 1 aromatic rings. The minimum absolute atomic E-state index is 0.0145. The highest BCUT2D eigenvalue weighted by molar-refractivity contribution is 7.89. The quantitative estimate of drug-likeness (QED) is 0.877. The molecule has 1 aromatic carbocycles. The smallest absolute Gasteiger partial charge is 0.209 e. The molecule has 20 heavy (non-hydrogen) atoms. The molecule has 1 fully saturated rings. The summed E-state index contributed by atoms with van der Waals surface area (Å²) >= 11 is 5.82. The maximum atomic E-state index is 11.4. The third kappa shape index (κ3) is 4.74. The van der Waals surface area contributed by atoms with E-state index in [0.717, 1.165) is 31.2 Å². The highest BCUT2D eigenvalue weighted by Gasteiger charge is 2.37. The van der Waals surface area contributed by atoms with Gasteiger partial charge < -0.3 is 4.74 Å². The minimum atomic E-state index is -3.46. The molecule has 4 nitrogen and oxygen atoms in total. The zero-order valence-corrected chi connectivity index (χ0v) is 12.9. The van der Waals surface area contributed by atoms with Crippen LogP contribution in [0.25, 0.3) is 0 Å². The number of primary sulfonamides is 1. The molecule has 0 saturated heterocycles. The van der Waals surface area contributed by atoms with Crippen LogP contribution < -0.4 is 5.14 Å². The van der Waals surface area contributed by atoms with Crippen LogP contribution in [0.15, 0.2) is 24.3 Å². The normalized spacial score (nSPS) is 18.3. The monoisotopic (exact) mass is 317 g/mol. The van der Waals surface area contributed by atoms with Crippen LogP contribution in [0.5, 0.6) is 0 Å². The lowest BCUT2D eigenvalue weighted by Crippen LogP contribution is -2.35. The number of hydrogen-bond donors (Lipinski definition) is 1. The summed E-state index contributed by atoms with van der Waals surface area (Å²) in [6.45, 7) is 0.898. The molecule has 0 spiro atoms. The summed E-state index contributed by atoms with van der Waals surface area (Å²) in [5.41, 5.74) is 0.721. The summed E-state index contributed by atoms with van der Waals surface area (Å²) < 4.78 is 28.5. The van der Waals surface area contributed by atoms with Gasteiger partial charge in [0.25, 0.3) is 0 Å². The molecule has 2 N–H and O–H groups in total. The van der Waals surface area contributed by atoms with E-state index in [9.17, 15) is 8.42 Å². The third-order valence-electron chi connectivity index (χ3n) is 3.76. The average Bonchev–Trinajstić information content (AvgIpc) is 2.78. The second kappa shape index (κ2) is 6.43. The van der Waals surface area contributed by atoms with Gasteiger partial charge >= 0.3 is 0 Å². The minimum Gasteiger partial charge on any atom is -0.376 e. The largest absolute Gasteiger partial charge is 0.376 e. The second-order valence-corrected chi connectivity index (χ2v) is 7.68. The first kappa shape index (κ1) is 15.8. The van der Waals surface area contributed by atoms with Crippen LogP contribution >= 0.6 is 11.6 Å². The predicted molar refractivity (Wildman–Crippen MR) is 80.0 cm³/mol. The number of nitrogens with two attached hydrogens (primary N) is 1. The van der Waals surface area contributed by atoms with E-state index in [2.05, 4.69) is 0 Å². The summed E-state index contributed by atoms with van der Waals surface area (Å²) in [4.78, 5) is 0. The van der Waals surface area contributed by atoms with Crippen molar-refractivity contribution in [1.29, 1.82) is 0 Å². The van der Waals surface area contributed by atoms with Gasteiger partial charge in [0.05, 0.1) is 19.0 Å².